The summed E-state index contributed by atoms with van der Waals surface area (Å²) >= 11 is 0. The van der Waals surface area contributed by atoms with Crippen LogP contribution < -0.4 is 19.5 Å². The fourth-order valence-electron chi connectivity index (χ4n) is 3.24. The van der Waals surface area contributed by atoms with Crippen molar-refractivity contribution in [3.8, 4) is 17.2 Å². The minimum atomic E-state index is -0.0913. The zero-order chi connectivity index (χ0) is 18.0. The molecule has 25 heavy (non-hydrogen) atoms. The second-order valence-electron chi connectivity index (χ2n) is 6.09. The molecule has 0 radical (unpaired) electrons. The molecule has 1 unspecified atom stereocenters. The monoisotopic (exact) mass is 345 g/mol. The number of hydrogen-bond donors (Lipinski definition) is 2. The summed E-state index contributed by atoms with van der Waals surface area (Å²) in [7, 11) is 4.64. The van der Waals surface area contributed by atoms with Crippen molar-refractivity contribution in [3.63, 3.8) is 0 Å². The predicted octanol–water partition coefficient (Wildman–Crippen LogP) is 2.49. The summed E-state index contributed by atoms with van der Waals surface area (Å²) in [6.07, 6.45) is 2.27. The molecule has 1 heterocycles. The second-order valence-corrected chi connectivity index (χ2v) is 6.09. The van der Waals surface area contributed by atoms with Gasteiger partial charge < -0.3 is 24.5 Å². The zero-order valence-corrected chi connectivity index (χ0v) is 14.9. The molecule has 7 heteroatoms. The molecule has 2 N–H and O–H groups in total. The van der Waals surface area contributed by atoms with E-state index >= 15 is 0 Å². The Morgan fingerprint density at radius 1 is 1.20 bits per heavy atom. The molecular weight excluding hydrogens is 322 g/mol. The maximum Gasteiger partial charge on any atom is 0.227 e. The number of fused-ring (bicyclic) bond motifs is 1. The molecule has 1 aliphatic carbocycles. The first-order valence-corrected chi connectivity index (χ1v) is 8.21. The molecule has 1 aromatic heterocycles. The number of aromatic amines is 1. The summed E-state index contributed by atoms with van der Waals surface area (Å²) in [5.41, 5.74) is 2.76. The Bertz CT molecular complexity index is 760. The van der Waals surface area contributed by atoms with Crippen molar-refractivity contribution in [2.45, 2.75) is 26.2 Å². The number of amides is 1. The number of hydrogen-bond acceptors (Lipinski definition) is 5. The Balaban J connectivity index is 1.77. The van der Waals surface area contributed by atoms with E-state index in [-0.39, 0.29) is 11.8 Å². The number of carbonyl (C=O) groups excluding carboxylic acids is 1. The molecule has 3 rings (SSSR count). The molecule has 2 aromatic rings. The number of H-pyrrole nitrogens is 1. The van der Waals surface area contributed by atoms with Gasteiger partial charge in [-0.3, -0.25) is 4.79 Å². The molecule has 0 bridgehead atoms. The average Bonchev–Trinajstić information content (AvgIpc) is 2.99. The van der Waals surface area contributed by atoms with Crippen molar-refractivity contribution in [2.24, 2.45) is 5.92 Å². The zero-order valence-electron chi connectivity index (χ0n) is 14.9. The van der Waals surface area contributed by atoms with Crippen molar-refractivity contribution >= 4 is 11.6 Å². The molecule has 0 aliphatic heterocycles. The van der Waals surface area contributed by atoms with Gasteiger partial charge in [-0.1, -0.05) is 0 Å². The number of aryl methyl sites for hydroxylation is 2. The number of methoxy groups -OCH3 is 3. The fourth-order valence-corrected chi connectivity index (χ4v) is 3.24. The van der Waals surface area contributed by atoms with E-state index in [0.717, 1.165) is 30.1 Å². The first kappa shape index (κ1) is 17.1. The lowest BCUT2D eigenvalue weighted by Gasteiger charge is -2.21. The number of ether oxygens (including phenoxy) is 3. The van der Waals surface area contributed by atoms with Crippen LogP contribution in [-0.2, 0) is 17.6 Å². The van der Waals surface area contributed by atoms with Crippen molar-refractivity contribution < 1.29 is 19.0 Å². The van der Waals surface area contributed by atoms with Gasteiger partial charge in [0.2, 0.25) is 11.7 Å². The number of imidazole rings is 1. The first-order valence-electron chi connectivity index (χ1n) is 8.21. The predicted molar refractivity (Wildman–Crippen MR) is 93.6 cm³/mol. The average molecular weight is 345 g/mol. The fraction of sp³-hybridized carbons (Fsp3) is 0.444. The molecule has 7 nitrogen and oxygen atoms in total. The highest BCUT2D eigenvalue weighted by atomic mass is 16.5. The number of aromatic nitrogens is 2. The number of benzene rings is 1. The van der Waals surface area contributed by atoms with Gasteiger partial charge in [-0.2, -0.15) is 0 Å². The highest BCUT2D eigenvalue weighted by Gasteiger charge is 2.27. The van der Waals surface area contributed by atoms with E-state index in [1.54, 1.807) is 33.5 Å². The van der Waals surface area contributed by atoms with Crippen LogP contribution in [0.4, 0.5) is 5.69 Å². The highest BCUT2D eigenvalue weighted by Crippen LogP contribution is 2.40. The molecule has 0 spiro atoms. The van der Waals surface area contributed by atoms with E-state index in [1.165, 1.54) is 0 Å². The summed E-state index contributed by atoms with van der Waals surface area (Å²) in [6, 6.07) is 3.46. The van der Waals surface area contributed by atoms with Crippen LogP contribution >= 0.6 is 0 Å². The molecule has 0 saturated heterocycles. The highest BCUT2D eigenvalue weighted by molar-refractivity contribution is 5.93. The van der Waals surface area contributed by atoms with Gasteiger partial charge in [-0.15, -0.1) is 0 Å². The third-order valence-electron chi connectivity index (χ3n) is 4.47. The molecule has 134 valence electrons. The van der Waals surface area contributed by atoms with Gasteiger partial charge >= 0.3 is 0 Å². The third kappa shape index (κ3) is 3.40. The Labute approximate surface area is 146 Å². The summed E-state index contributed by atoms with van der Waals surface area (Å²) in [5.74, 6) is 2.30. The summed E-state index contributed by atoms with van der Waals surface area (Å²) in [4.78, 5) is 20.4. The number of nitrogens with zero attached hydrogens (tertiary/aromatic N) is 1. The van der Waals surface area contributed by atoms with Crippen LogP contribution in [-0.4, -0.2) is 37.2 Å². The number of nitrogens with one attached hydrogen (secondary N) is 2. The summed E-state index contributed by atoms with van der Waals surface area (Å²) < 4.78 is 16.0. The Morgan fingerprint density at radius 2 is 1.88 bits per heavy atom. The van der Waals surface area contributed by atoms with Crippen LogP contribution in [0.15, 0.2) is 12.1 Å². The Morgan fingerprint density at radius 3 is 2.48 bits per heavy atom. The van der Waals surface area contributed by atoms with Crippen molar-refractivity contribution in [3.05, 3.63) is 29.3 Å². The first-order chi connectivity index (χ1) is 12.0. The quantitative estimate of drug-likeness (QED) is 0.869. The molecule has 1 aromatic carbocycles. The third-order valence-corrected chi connectivity index (χ3v) is 4.47. The Hall–Kier alpha value is -2.70. The topological polar surface area (TPSA) is 85.5 Å². The number of carbonyl (C=O) groups is 1. The maximum atomic E-state index is 12.7. The lowest BCUT2D eigenvalue weighted by Crippen LogP contribution is -2.28. The van der Waals surface area contributed by atoms with Gasteiger partial charge in [0.05, 0.1) is 27.0 Å². The molecule has 1 atom stereocenters. The molecule has 0 fully saturated rings. The van der Waals surface area contributed by atoms with Crippen LogP contribution in [0.3, 0.4) is 0 Å². The van der Waals surface area contributed by atoms with E-state index in [1.807, 2.05) is 6.92 Å². The van der Waals surface area contributed by atoms with Gasteiger partial charge in [0, 0.05) is 35.9 Å². The largest absolute Gasteiger partial charge is 0.493 e. The number of anilines is 1. The van der Waals surface area contributed by atoms with Crippen molar-refractivity contribution in [1.82, 2.24) is 9.97 Å². The normalized spacial score (nSPS) is 16.1. The SMILES string of the molecule is COc1cc(NC(=O)C2CCc3nc(C)[nH]c3C2)cc(OC)c1OC. The molecular formula is C18H23N3O4. The summed E-state index contributed by atoms with van der Waals surface area (Å²) in [5, 5.41) is 2.96. The van der Waals surface area contributed by atoms with Crippen LogP contribution in [0.1, 0.15) is 23.6 Å². The van der Waals surface area contributed by atoms with Gasteiger partial charge in [-0.25, -0.2) is 4.98 Å². The van der Waals surface area contributed by atoms with Crippen molar-refractivity contribution in [1.29, 1.82) is 0 Å². The molecule has 0 saturated carbocycles. The van der Waals surface area contributed by atoms with Crippen LogP contribution in [0, 0.1) is 12.8 Å². The molecule has 1 amide bonds. The number of rotatable bonds is 5. The minimum Gasteiger partial charge on any atom is -0.493 e. The van der Waals surface area contributed by atoms with Gasteiger partial charge in [0.15, 0.2) is 11.5 Å². The lowest BCUT2D eigenvalue weighted by atomic mass is 9.89. The Kier molecular flexibility index (Phi) is 4.83. The van der Waals surface area contributed by atoms with Crippen LogP contribution in [0.25, 0.3) is 0 Å². The van der Waals surface area contributed by atoms with Gasteiger partial charge in [0.1, 0.15) is 5.82 Å². The van der Waals surface area contributed by atoms with E-state index in [2.05, 4.69) is 15.3 Å². The second kappa shape index (κ2) is 7.04. The van der Waals surface area contributed by atoms with E-state index in [9.17, 15) is 4.79 Å². The standard InChI is InChI=1S/C18H23N3O4/c1-10-19-13-6-5-11(7-14(13)20-10)18(22)21-12-8-15(23-2)17(25-4)16(9-12)24-3/h8-9,11H,5-7H2,1-4H3,(H,19,20)(H,21,22). The van der Waals surface area contributed by atoms with Crippen LogP contribution in [0.5, 0.6) is 17.2 Å². The smallest absolute Gasteiger partial charge is 0.227 e. The van der Waals surface area contributed by atoms with Crippen LogP contribution in [0.2, 0.25) is 0 Å². The van der Waals surface area contributed by atoms with E-state index < -0.39 is 0 Å². The van der Waals surface area contributed by atoms with Gasteiger partial charge in [0.25, 0.3) is 0 Å². The maximum absolute atomic E-state index is 12.7. The van der Waals surface area contributed by atoms with Crippen molar-refractivity contribution in [2.75, 3.05) is 26.6 Å². The summed E-state index contributed by atoms with van der Waals surface area (Å²) in [6.45, 7) is 1.93. The lowest BCUT2D eigenvalue weighted by molar-refractivity contribution is -0.120. The van der Waals surface area contributed by atoms with Gasteiger partial charge in [-0.05, 0) is 19.8 Å². The minimum absolute atomic E-state index is 0.0211. The molecule has 1 aliphatic rings. The van der Waals surface area contributed by atoms with E-state index in [4.69, 9.17) is 14.2 Å². The van der Waals surface area contributed by atoms with E-state index in [0.29, 0.717) is 29.4 Å².